The zero-order valence-electron chi connectivity index (χ0n) is 27.7. The third kappa shape index (κ3) is 4.36. The SMILES string of the molecule is c1ccc(-c2ccccc2-c2nc(-c3cccc4c3oc3c5ccccc5c5ccccc5c43)nc(-c3cccc4c3sc3ccccc34)n2)cc1. The summed E-state index contributed by atoms with van der Waals surface area (Å²) in [4.78, 5) is 15.8. The summed E-state index contributed by atoms with van der Waals surface area (Å²) in [6.45, 7) is 0. The van der Waals surface area contributed by atoms with E-state index in [9.17, 15) is 0 Å². The second kappa shape index (κ2) is 11.4. The normalized spacial score (nSPS) is 11.8. The molecule has 0 bridgehead atoms. The Morgan fingerprint density at radius 1 is 0.346 bits per heavy atom. The predicted octanol–water partition coefficient (Wildman–Crippen LogP) is 13.1. The highest BCUT2D eigenvalue weighted by atomic mass is 32.1. The summed E-state index contributed by atoms with van der Waals surface area (Å²) in [5.74, 6) is 1.81. The van der Waals surface area contributed by atoms with Gasteiger partial charge in [0.25, 0.3) is 0 Å². The Balaban J connectivity index is 1.23. The fourth-order valence-corrected chi connectivity index (χ4v) is 9.02. The van der Waals surface area contributed by atoms with Crippen LogP contribution in [0.2, 0.25) is 0 Å². The van der Waals surface area contributed by atoms with E-state index < -0.39 is 0 Å². The minimum absolute atomic E-state index is 0.569. The molecule has 3 heterocycles. The van der Waals surface area contributed by atoms with Gasteiger partial charge in [-0.2, -0.15) is 0 Å². The summed E-state index contributed by atoms with van der Waals surface area (Å²) in [5, 5.41) is 9.20. The molecule has 0 unspecified atom stereocenters. The minimum atomic E-state index is 0.569. The highest BCUT2D eigenvalue weighted by molar-refractivity contribution is 7.26. The standard InChI is InChI=1S/C47H27N3OS/c1-2-14-28(15-3-1)29-16-4-9-22-36(29)45-48-46(50-47(49-45)39-26-12-23-35-32-19-10-11-27-40(32)52-44(35)39)38-25-13-24-37-41-33-20-7-5-17-30(33)31-18-6-8-21-34(31)43(41)51-42(37)38/h1-27H. The molecule has 0 aliphatic heterocycles. The summed E-state index contributed by atoms with van der Waals surface area (Å²) < 4.78 is 9.35. The lowest BCUT2D eigenvalue weighted by molar-refractivity contribution is 0.673. The van der Waals surface area contributed by atoms with Crippen LogP contribution >= 0.6 is 11.3 Å². The zero-order chi connectivity index (χ0) is 34.2. The molecule has 0 atom stereocenters. The van der Waals surface area contributed by atoms with E-state index in [2.05, 4.69) is 152 Å². The van der Waals surface area contributed by atoms with Gasteiger partial charge in [0.05, 0.1) is 5.56 Å². The third-order valence-electron chi connectivity index (χ3n) is 10.1. The molecule has 0 saturated heterocycles. The Labute approximate surface area is 302 Å². The Kier molecular flexibility index (Phi) is 6.39. The van der Waals surface area contributed by atoms with Gasteiger partial charge < -0.3 is 4.42 Å². The monoisotopic (exact) mass is 681 g/mol. The van der Waals surface area contributed by atoms with Crippen molar-refractivity contribution < 1.29 is 4.42 Å². The quantitative estimate of drug-likeness (QED) is 0.174. The summed E-state index contributed by atoms with van der Waals surface area (Å²) in [5.41, 5.74) is 6.55. The van der Waals surface area contributed by atoms with Crippen molar-refractivity contribution in [3.63, 3.8) is 0 Å². The molecule has 8 aromatic carbocycles. The first-order valence-corrected chi connectivity index (χ1v) is 18.2. The van der Waals surface area contributed by atoms with Crippen LogP contribution in [0.1, 0.15) is 0 Å². The van der Waals surface area contributed by atoms with Gasteiger partial charge in [0.2, 0.25) is 0 Å². The maximum Gasteiger partial charge on any atom is 0.167 e. The van der Waals surface area contributed by atoms with Crippen LogP contribution in [0.5, 0.6) is 0 Å². The van der Waals surface area contributed by atoms with E-state index in [0.717, 1.165) is 65.2 Å². The van der Waals surface area contributed by atoms with E-state index in [1.54, 1.807) is 11.3 Å². The van der Waals surface area contributed by atoms with Gasteiger partial charge in [-0.1, -0.05) is 146 Å². The van der Waals surface area contributed by atoms with Crippen molar-refractivity contribution in [2.75, 3.05) is 0 Å². The van der Waals surface area contributed by atoms with Gasteiger partial charge >= 0.3 is 0 Å². The molecular formula is C47H27N3OS. The summed E-state index contributed by atoms with van der Waals surface area (Å²) in [6, 6.07) is 57.2. The number of nitrogens with zero attached hydrogens (tertiary/aromatic N) is 3. The highest BCUT2D eigenvalue weighted by Crippen LogP contribution is 2.44. The Morgan fingerprint density at radius 3 is 1.65 bits per heavy atom. The van der Waals surface area contributed by atoms with Crippen LogP contribution in [-0.4, -0.2) is 15.0 Å². The molecule has 11 rings (SSSR count). The van der Waals surface area contributed by atoms with Crippen LogP contribution in [0, 0.1) is 0 Å². The molecule has 0 aliphatic carbocycles. The number of hydrogen-bond donors (Lipinski definition) is 0. The predicted molar refractivity (Wildman–Crippen MR) is 217 cm³/mol. The lowest BCUT2D eigenvalue weighted by Gasteiger charge is -2.12. The first-order chi connectivity index (χ1) is 25.8. The molecule has 4 nitrogen and oxygen atoms in total. The van der Waals surface area contributed by atoms with Gasteiger partial charge in [0.1, 0.15) is 11.2 Å². The van der Waals surface area contributed by atoms with Crippen LogP contribution in [0.4, 0.5) is 0 Å². The molecule has 52 heavy (non-hydrogen) atoms. The number of rotatable bonds is 4. The Hall–Kier alpha value is -6.69. The van der Waals surface area contributed by atoms with E-state index in [1.165, 1.54) is 26.2 Å². The van der Waals surface area contributed by atoms with Crippen molar-refractivity contribution in [1.29, 1.82) is 0 Å². The highest BCUT2D eigenvalue weighted by Gasteiger charge is 2.22. The van der Waals surface area contributed by atoms with E-state index >= 15 is 0 Å². The Bertz CT molecular complexity index is 3200. The summed E-state index contributed by atoms with van der Waals surface area (Å²) in [6.07, 6.45) is 0. The van der Waals surface area contributed by atoms with Crippen molar-refractivity contribution in [2.24, 2.45) is 0 Å². The summed E-state index contributed by atoms with van der Waals surface area (Å²) >= 11 is 1.78. The van der Waals surface area contributed by atoms with E-state index in [-0.39, 0.29) is 0 Å². The van der Waals surface area contributed by atoms with E-state index in [1.807, 2.05) is 12.1 Å². The first-order valence-electron chi connectivity index (χ1n) is 17.4. The largest absolute Gasteiger partial charge is 0.455 e. The average Bonchev–Trinajstić information content (AvgIpc) is 3.81. The molecular weight excluding hydrogens is 655 g/mol. The first kappa shape index (κ1) is 29.1. The van der Waals surface area contributed by atoms with E-state index in [4.69, 9.17) is 19.4 Å². The summed E-state index contributed by atoms with van der Waals surface area (Å²) in [7, 11) is 0. The number of aromatic nitrogens is 3. The second-order valence-corrected chi connectivity index (χ2v) is 14.1. The van der Waals surface area contributed by atoms with E-state index in [0.29, 0.717) is 17.5 Å². The van der Waals surface area contributed by atoms with Gasteiger partial charge in [-0.05, 0) is 45.5 Å². The van der Waals surface area contributed by atoms with Crippen molar-refractivity contribution in [3.8, 4) is 45.3 Å². The molecule has 0 fully saturated rings. The lowest BCUT2D eigenvalue weighted by atomic mass is 9.96. The topological polar surface area (TPSA) is 51.8 Å². The van der Waals surface area contributed by atoms with Gasteiger partial charge in [-0.25, -0.2) is 15.0 Å². The number of para-hydroxylation sites is 1. The van der Waals surface area contributed by atoms with Gasteiger partial charge in [0.15, 0.2) is 17.5 Å². The zero-order valence-corrected chi connectivity index (χ0v) is 28.6. The number of hydrogen-bond acceptors (Lipinski definition) is 5. The third-order valence-corrected chi connectivity index (χ3v) is 11.4. The number of thiophene rings is 1. The van der Waals surface area contributed by atoms with Crippen LogP contribution in [0.25, 0.3) is 109 Å². The smallest absolute Gasteiger partial charge is 0.167 e. The fourth-order valence-electron chi connectivity index (χ4n) is 7.81. The van der Waals surface area contributed by atoms with Crippen molar-refractivity contribution in [3.05, 3.63) is 164 Å². The van der Waals surface area contributed by atoms with Crippen molar-refractivity contribution in [1.82, 2.24) is 15.0 Å². The maximum absolute atomic E-state index is 6.96. The van der Waals surface area contributed by atoms with Crippen LogP contribution in [-0.2, 0) is 0 Å². The van der Waals surface area contributed by atoms with Crippen molar-refractivity contribution >= 4 is 75.0 Å². The van der Waals surface area contributed by atoms with Crippen molar-refractivity contribution in [2.45, 2.75) is 0 Å². The number of benzene rings is 8. The Morgan fingerprint density at radius 2 is 0.865 bits per heavy atom. The number of fused-ring (bicyclic) bond motifs is 11. The maximum atomic E-state index is 6.96. The van der Waals surface area contributed by atoms with Gasteiger partial charge in [-0.3, -0.25) is 0 Å². The van der Waals surface area contributed by atoms with Gasteiger partial charge in [0, 0.05) is 47.5 Å². The average molecular weight is 682 g/mol. The molecule has 0 spiro atoms. The molecule has 0 aliphatic rings. The van der Waals surface area contributed by atoms with Crippen LogP contribution < -0.4 is 0 Å². The lowest BCUT2D eigenvalue weighted by Crippen LogP contribution is -2.01. The molecule has 3 aromatic heterocycles. The minimum Gasteiger partial charge on any atom is -0.455 e. The molecule has 11 aromatic rings. The number of furan rings is 1. The van der Waals surface area contributed by atoms with Gasteiger partial charge in [-0.15, -0.1) is 11.3 Å². The molecule has 0 amide bonds. The molecule has 0 saturated carbocycles. The van der Waals surface area contributed by atoms with Crippen LogP contribution in [0.3, 0.4) is 0 Å². The van der Waals surface area contributed by atoms with Crippen LogP contribution in [0.15, 0.2) is 168 Å². The molecule has 5 heteroatoms. The second-order valence-electron chi connectivity index (χ2n) is 13.1. The fraction of sp³-hybridized carbons (Fsp3) is 0. The molecule has 242 valence electrons. The molecule has 0 radical (unpaired) electrons. The molecule has 0 N–H and O–H groups in total.